The second-order valence-corrected chi connectivity index (χ2v) is 28.9. The quantitative estimate of drug-likeness (QED) is 0.147. The van der Waals surface area contributed by atoms with E-state index < -0.39 is 0 Å². The predicted molar refractivity (Wildman–Crippen MR) is 352 cm³/mol. The molecule has 0 spiro atoms. The number of rotatable bonds is 7. The summed E-state index contributed by atoms with van der Waals surface area (Å²) in [6.07, 6.45) is 6.90. The second kappa shape index (κ2) is 18.5. The standard InChI is InChI=1S/C78H80BN3/c1-73(2)37-38-74(3,4)60-44-56(34-35-59(60)73)81-68-49-63-61(75(5,6)39-41-77(63,9)10)47-65(68)79-66-48-62-64(78(11,12)42-40-76(62,7)8)50-69(66)82(67-36-33-53(51-25-17-13-18-26-51)43-58(67)52-27-19-14-20-28-52)71-46-57(45-70(81)72(71)79)80(54-29-21-15-22-30-54)55-31-23-16-24-32-55/h13-36,43-50H,37-42H2,1-12H3. The van der Waals surface area contributed by atoms with Gasteiger partial charge in [-0.2, -0.15) is 0 Å². The van der Waals surface area contributed by atoms with E-state index in [0.717, 1.165) is 49.2 Å². The van der Waals surface area contributed by atoms with E-state index in [-0.39, 0.29) is 39.2 Å². The third kappa shape index (κ3) is 8.27. The van der Waals surface area contributed by atoms with Gasteiger partial charge in [-0.3, -0.25) is 0 Å². The zero-order valence-electron chi connectivity index (χ0n) is 50.6. The van der Waals surface area contributed by atoms with Crippen molar-refractivity contribution in [1.29, 1.82) is 0 Å². The van der Waals surface area contributed by atoms with Crippen molar-refractivity contribution in [3.63, 3.8) is 0 Å². The molecule has 0 saturated carbocycles. The molecule has 410 valence electrons. The van der Waals surface area contributed by atoms with Crippen LogP contribution in [0.1, 0.15) is 155 Å². The van der Waals surface area contributed by atoms with Gasteiger partial charge < -0.3 is 14.7 Å². The number of hydrogen-bond donors (Lipinski definition) is 0. The van der Waals surface area contributed by atoms with E-state index in [2.05, 4.69) is 292 Å². The predicted octanol–water partition coefficient (Wildman–Crippen LogP) is 19.6. The molecule has 0 saturated heterocycles. The van der Waals surface area contributed by atoms with Crippen molar-refractivity contribution in [3.8, 4) is 22.3 Å². The number of para-hydroxylation sites is 2. The van der Waals surface area contributed by atoms with E-state index in [1.807, 2.05) is 0 Å². The average Bonchev–Trinajstić information content (AvgIpc) is 1.71. The van der Waals surface area contributed by atoms with Crippen LogP contribution in [-0.2, 0) is 32.5 Å². The van der Waals surface area contributed by atoms with E-state index in [1.165, 1.54) is 113 Å². The highest BCUT2D eigenvalue weighted by Gasteiger charge is 2.50. The molecule has 0 amide bonds. The molecule has 0 atom stereocenters. The number of fused-ring (bicyclic) bond motifs is 7. The first kappa shape index (κ1) is 52.5. The summed E-state index contributed by atoms with van der Waals surface area (Å²) < 4.78 is 0. The van der Waals surface area contributed by atoms with Crippen LogP contribution in [0, 0.1) is 0 Å². The topological polar surface area (TPSA) is 9.72 Å². The highest BCUT2D eigenvalue weighted by molar-refractivity contribution is 7.00. The van der Waals surface area contributed by atoms with Crippen LogP contribution in [0.5, 0.6) is 0 Å². The van der Waals surface area contributed by atoms with Gasteiger partial charge in [0.1, 0.15) is 0 Å². The lowest BCUT2D eigenvalue weighted by atomic mass is 9.32. The summed E-state index contributed by atoms with van der Waals surface area (Å²) >= 11 is 0. The Bertz CT molecular complexity index is 3960. The zero-order valence-corrected chi connectivity index (χ0v) is 50.6. The molecular weight excluding hydrogens is 990 g/mol. The lowest BCUT2D eigenvalue weighted by Gasteiger charge is -2.49. The lowest BCUT2D eigenvalue weighted by Crippen LogP contribution is -2.62. The van der Waals surface area contributed by atoms with E-state index >= 15 is 0 Å². The van der Waals surface area contributed by atoms with E-state index in [0.29, 0.717) is 0 Å². The Kier molecular flexibility index (Phi) is 11.8. The Labute approximate surface area is 490 Å². The van der Waals surface area contributed by atoms with Gasteiger partial charge in [-0.25, -0.2) is 0 Å². The molecule has 3 aliphatic carbocycles. The van der Waals surface area contributed by atoms with Crippen LogP contribution in [0.4, 0.5) is 51.2 Å². The van der Waals surface area contributed by atoms with Crippen LogP contribution < -0.4 is 31.1 Å². The fourth-order valence-electron chi connectivity index (χ4n) is 15.5. The SMILES string of the molecule is CC1(C)CCC(C)(C)c2cc(N3c4cc5c(cc4B4c6cc7c(cc6N(c6ccc(-c8ccccc8)cc6-c6ccccc6)c6cc(N(c8ccccc8)c8ccccc8)cc3c64)C(C)(C)CCC7(C)C)C(C)(C)CCC5(C)C)ccc21. The van der Waals surface area contributed by atoms with Crippen molar-refractivity contribution in [3.05, 3.63) is 228 Å². The normalized spacial score (nSPS) is 18.7. The Morgan fingerprint density at radius 3 is 1.20 bits per heavy atom. The third-order valence-electron chi connectivity index (χ3n) is 20.8. The van der Waals surface area contributed by atoms with Crippen molar-refractivity contribution in [2.24, 2.45) is 0 Å². The molecule has 0 fully saturated rings. The van der Waals surface area contributed by atoms with Crippen molar-refractivity contribution < 1.29 is 0 Å². The number of benzene rings is 9. The maximum Gasteiger partial charge on any atom is 0.252 e. The van der Waals surface area contributed by atoms with Crippen LogP contribution in [0.15, 0.2) is 194 Å². The molecule has 4 heteroatoms. The van der Waals surface area contributed by atoms with Gasteiger partial charge in [-0.1, -0.05) is 204 Å². The molecule has 2 heterocycles. The summed E-state index contributed by atoms with van der Waals surface area (Å²) in [4.78, 5) is 7.97. The molecule has 3 nitrogen and oxygen atoms in total. The van der Waals surface area contributed by atoms with Crippen LogP contribution in [0.25, 0.3) is 22.3 Å². The Balaban J connectivity index is 1.17. The van der Waals surface area contributed by atoms with Crippen LogP contribution >= 0.6 is 0 Å². The van der Waals surface area contributed by atoms with Gasteiger partial charge in [0.25, 0.3) is 6.71 Å². The summed E-state index contributed by atoms with van der Waals surface area (Å²) in [6, 6.07) is 75.1. The molecule has 0 radical (unpaired) electrons. The minimum atomic E-state index is -0.0625. The first-order chi connectivity index (χ1) is 39.1. The molecule has 82 heavy (non-hydrogen) atoms. The molecule has 0 N–H and O–H groups in total. The largest absolute Gasteiger partial charge is 0.311 e. The van der Waals surface area contributed by atoms with Gasteiger partial charge in [-0.05, 0) is 210 Å². The molecule has 0 aromatic heterocycles. The van der Waals surface area contributed by atoms with E-state index in [4.69, 9.17) is 0 Å². The van der Waals surface area contributed by atoms with Crippen molar-refractivity contribution in [2.45, 2.75) is 154 Å². The van der Waals surface area contributed by atoms with Crippen molar-refractivity contribution in [2.75, 3.05) is 14.7 Å². The number of anilines is 9. The molecule has 0 bridgehead atoms. The number of nitrogens with zero attached hydrogens (tertiary/aromatic N) is 3. The van der Waals surface area contributed by atoms with Crippen molar-refractivity contribution in [1.82, 2.24) is 0 Å². The van der Waals surface area contributed by atoms with Gasteiger partial charge in [0.2, 0.25) is 0 Å². The Hall–Kier alpha value is -7.56. The minimum Gasteiger partial charge on any atom is -0.311 e. The smallest absolute Gasteiger partial charge is 0.252 e. The lowest BCUT2D eigenvalue weighted by molar-refractivity contribution is 0.332. The van der Waals surface area contributed by atoms with E-state index in [1.54, 1.807) is 0 Å². The summed E-state index contributed by atoms with van der Waals surface area (Å²) in [5.41, 5.74) is 28.7. The van der Waals surface area contributed by atoms with Crippen LogP contribution in [0.3, 0.4) is 0 Å². The highest BCUT2D eigenvalue weighted by atomic mass is 15.2. The van der Waals surface area contributed by atoms with Gasteiger partial charge in [-0.15, -0.1) is 0 Å². The molecule has 2 aliphatic heterocycles. The molecular formula is C78H80BN3. The Morgan fingerprint density at radius 2 is 0.707 bits per heavy atom. The molecule has 9 aromatic carbocycles. The summed E-state index contributed by atoms with van der Waals surface area (Å²) in [5.74, 6) is 0. The minimum absolute atomic E-state index is 0.00145. The highest BCUT2D eigenvalue weighted by Crippen LogP contribution is 2.56. The fraction of sp³-hybridized carbons (Fsp3) is 0.308. The first-order valence-electron chi connectivity index (χ1n) is 30.6. The monoisotopic (exact) mass is 1070 g/mol. The van der Waals surface area contributed by atoms with Crippen LogP contribution in [0.2, 0.25) is 0 Å². The maximum absolute atomic E-state index is 2.74. The fourth-order valence-corrected chi connectivity index (χ4v) is 15.5. The van der Waals surface area contributed by atoms with Gasteiger partial charge in [0.15, 0.2) is 0 Å². The summed E-state index contributed by atoms with van der Waals surface area (Å²) in [7, 11) is 0. The third-order valence-corrected chi connectivity index (χ3v) is 20.8. The van der Waals surface area contributed by atoms with Gasteiger partial charge >= 0.3 is 0 Å². The Morgan fingerprint density at radius 1 is 0.305 bits per heavy atom. The zero-order chi connectivity index (χ0) is 56.9. The number of hydrogen-bond acceptors (Lipinski definition) is 3. The van der Waals surface area contributed by atoms with Gasteiger partial charge in [0.05, 0.1) is 11.4 Å². The first-order valence-corrected chi connectivity index (χ1v) is 30.6. The molecule has 14 rings (SSSR count). The van der Waals surface area contributed by atoms with E-state index in [9.17, 15) is 0 Å². The van der Waals surface area contributed by atoms with Gasteiger partial charge in [0, 0.05) is 45.4 Å². The van der Waals surface area contributed by atoms with Crippen LogP contribution in [-0.4, -0.2) is 6.71 Å². The summed E-state index contributed by atoms with van der Waals surface area (Å²) in [5, 5.41) is 0. The molecule has 9 aromatic rings. The maximum atomic E-state index is 2.74. The average molecular weight is 1070 g/mol. The second-order valence-electron chi connectivity index (χ2n) is 28.9. The summed E-state index contributed by atoms with van der Waals surface area (Å²) in [6.45, 7) is 29.9. The van der Waals surface area contributed by atoms with Crippen molar-refractivity contribution >= 4 is 74.3 Å². The molecule has 5 aliphatic rings. The molecule has 0 unspecified atom stereocenters.